The number of phenolic OH excluding ortho intramolecular Hbond substituents is 1. The summed E-state index contributed by atoms with van der Waals surface area (Å²) < 4.78 is 9.82. The lowest BCUT2D eigenvalue weighted by atomic mass is 10.2. The van der Waals surface area contributed by atoms with Crippen molar-refractivity contribution < 1.29 is 29.0 Å². The van der Waals surface area contributed by atoms with Crippen molar-refractivity contribution in [2.75, 3.05) is 19.0 Å². The number of anilines is 1. The number of phenols is 1. The number of rotatable bonds is 6. The number of amides is 2. The summed E-state index contributed by atoms with van der Waals surface area (Å²) in [5.74, 6) is -2.31. The van der Waals surface area contributed by atoms with Crippen molar-refractivity contribution in [3.05, 3.63) is 53.6 Å². The van der Waals surface area contributed by atoms with Crippen LogP contribution in [-0.2, 0) is 14.3 Å². The van der Waals surface area contributed by atoms with E-state index >= 15 is 0 Å². The first-order valence-corrected chi connectivity index (χ1v) is 8.23. The van der Waals surface area contributed by atoms with E-state index in [-0.39, 0.29) is 11.5 Å². The maximum atomic E-state index is 11.9. The first-order chi connectivity index (χ1) is 13.5. The Bertz CT molecular complexity index is 893. The third-order valence-corrected chi connectivity index (χ3v) is 3.47. The van der Waals surface area contributed by atoms with Gasteiger partial charge in [0.2, 0.25) is 0 Å². The Labute approximate surface area is 161 Å². The predicted molar refractivity (Wildman–Crippen MR) is 101 cm³/mol. The van der Waals surface area contributed by atoms with E-state index in [4.69, 9.17) is 4.74 Å². The van der Waals surface area contributed by atoms with Crippen LogP contribution < -0.4 is 15.5 Å². The first kappa shape index (κ1) is 20.4. The molecule has 0 heterocycles. The van der Waals surface area contributed by atoms with Gasteiger partial charge in [0.1, 0.15) is 0 Å². The number of nitrogens with one attached hydrogen (secondary N) is 2. The van der Waals surface area contributed by atoms with Crippen LogP contribution in [0.1, 0.15) is 22.8 Å². The van der Waals surface area contributed by atoms with Crippen molar-refractivity contribution in [2.45, 2.75) is 6.92 Å². The van der Waals surface area contributed by atoms with E-state index in [2.05, 4.69) is 20.6 Å². The molecule has 0 aliphatic carbocycles. The first-order valence-electron chi connectivity index (χ1n) is 8.23. The van der Waals surface area contributed by atoms with Crippen molar-refractivity contribution >= 4 is 29.7 Å². The number of carbonyl (C=O) groups is 3. The fourth-order valence-corrected chi connectivity index (χ4v) is 2.12. The number of hydrogen-bond donors (Lipinski definition) is 3. The van der Waals surface area contributed by atoms with Crippen LogP contribution in [-0.4, -0.2) is 42.8 Å². The van der Waals surface area contributed by atoms with Gasteiger partial charge in [0.15, 0.2) is 11.5 Å². The van der Waals surface area contributed by atoms with E-state index in [9.17, 15) is 19.5 Å². The standard InChI is InChI=1S/C19H19N3O6/c1-3-28-15-6-4-5-13(16(15)23)11-20-22-18(25)17(24)21-14-9-7-12(8-10-14)19(26)27-2/h4-11,23H,3H2,1-2H3,(H,21,24)(H,22,25)/b20-11+. The van der Waals surface area contributed by atoms with Gasteiger partial charge in [-0.05, 0) is 43.3 Å². The quantitative estimate of drug-likeness (QED) is 0.300. The summed E-state index contributed by atoms with van der Waals surface area (Å²) in [6, 6.07) is 10.6. The lowest BCUT2D eigenvalue weighted by molar-refractivity contribution is -0.136. The Kier molecular flexibility index (Phi) is 7.09. The van der Waals surface area contributed by atoms with Crippen LogP contribution in [0.25, 0.3) is 0 Å². The number of esters is 1. The molecule has 0 aliphatic heterocycles. The summed E-state index contributed by atoms with van der Waals surface area (Å²) >= 11 is 0. The van der Waals surface area contributed by atoms with Crippen LogP contribution in [0.5, 0.6) is 11.5 Å². The topological polar surface area (TPSA) is 126 Å². The number of aromatic hydroxyl groups is 1. The number of carbonyl (C=O) groups excluding carboxylic acids is 3. The maximum Gasteiger partial charge on any atom is 0.337 e. The molecule has 0 saturated heterocycles. The smallest absolute Gasteiger partial charge is 0.337 e. The zero-order chi connectivity index (χ0) is 20.5. The van der Waals surface area contributed by atoms with Crippen LogP contribution in [0.15, 0.2) is 47.6 Å². The molecule has 9 heteroatoms. The Morgan fingerprint density at radius 2 is 1.82 bits per heavy atom. The Morgan fingerprint density at radius 3 is 2.46 bits per heavy atom. The van der Waals surface area contributed by atoms with E-state index in [1.165, 1.54) is 37.6 Å². The Hall–Kier alpha value is -3.88. The van der Waals surface area contributed by atoms with Crippen LogP contribution in [0, 0.1) is 0 Å². The fraction of sp³-hybridized carbons (Fsp3) is 0.158. The summed E-state index contributed by atoms with van der Waals surface area (Å²) in [5.41, 5.74) is 3.00. The predicted octanol–water partition coefficient (Wildman–Crippen LogP) is 1.67. The summed E-state index contributed by atoms with van der Waals surface area (Å²) in [6.45, 7) is 2.16. The molecule has 3 N–H and O–H groups in total. The largest absolute Gasteiger partial charge is 0.504 e. The van der Waals surface area contributed by atoms with Crippen molar-refractivity contribution in [2.24, 2.45) is 5.10 Å². The molecule has 0 unspecified atom stereocenters. The lowest BCUT2D eigenvalue weighted by Gasteiger charge is -2.07. The van der Waals surface area contributed by atoms with E-state index in [0.29, 0.717) is 23.4 Å². The Morgan fingerprint density at radius 1 is 1.11 bits per heavy atom. The fourth-order valence-electron chi connectivity index (χ4n) is 2.12. The molecule has 28 heavy (non-hydrogen) atoms. The zero-order valence-corrected chi connectivity index (χ0v) is 15.3. The number of hydrazone groups is 1. The van der Waals surface area contributed by atoms with Crippen LogP contribution in [0.4, 0.5) is 5.69 Å². The molecular formula is C19H19N3O6. The average Bonchev–Trinajstić information content (AvgIpc) is 2.70. The van der Waals surface area contributed by atoms with Gasteiger partial charge in [0.05, 0.1) is 25.5 Å². The molecule has 0 spiro atoms. The van der Waals surface area contributed by atoms with Gasteiger partial charge in [-0.3, -0.25) is 9.59 Å². The summed E-state index contributed by atoms with van der Waals surface area (Å²) in [4.78, 5) is 35.0. The van der Waals surface area contributed by atoms with Gasteiger partial charge in [0.25, 0.3) is 0 Å². The zero-order valence-electron chi connectivity index (χ0n) is 15.3. The molecule has 0 atom stereocenters. The lowest BCUT2D eigenvalue weighted by Crippen LogP contribution is -2.32. The molecule has 2 aromatic carbocycles. The van der Waals surface area contributed by atoms with Gasteiger partial charge in [-0.2, -0.15) is 5.10 Å². The molecule has 0 saturated carbocycles. The summed E-state index contributed by atoms with van der Waals surface area (Å²) in [7, 11) is 1.26. The highest BCUT2D eigenvalue weighted by atomic mass is 16.5. The third-order valence-electron chi connectivity index (χ3n) is 3.47. The highest BCUT2D eigenvalue weighted by Gasteiger charge is 2.14. The van der Waals surface area contributed by atoms with Crippen LogP contribution in [0.3, 0.4) is 0 Å². The molecule has 0 bridgehead atoms. The molecule has 2 rings (SSSR count). The highest BCUT2D eigenvalue weighted by Crippen LogP contribution is 2.28. The molecule has 0 fully saturated rings. The Balaban J connectivity index is 1.94. The van der Waals surface area contributed by atoms with Crippen LogP contribution >= 0.6 is 0 Å². The third kappa shape index (κ3) is 5.31. The maximum absolute atomic E-state index is 11.9. The number of nitrogens with zero attached hydrogens (tertiary/aromatic N) is 1. The molecule has 146 valence electrons. The monoisotopic (exact) mass is 385 g/mol. The molecule has 0 radical (unpaired) electrons. The summed E-state index contributed by atoms with van der Waals surface area (Å²) in [5, 5.41) is 16.0. The SMILES string of the molecule is CCOc1cccc(/C=N/NC(=O)C(=O)Nc2ccc(C(=O)OC)cc2)c1O. The van der Waals surface area contributed by atoms with Gasteiger partial charge in [-0.25, -0.2) is 10.2 Å². The molecular weight excluding hydrogens is 366 g/mol. The van der Waals surface area contributed by atoms with Gasteiger partial charge < -0.3 is 19.9 Å². The van der Waals surface area contributed by atoms with Gasteiger partial charge in [-0.1, -0.05) is 6.07 Å². The van der Waals surface area contributed by atoms with Crippen molar-refractivity contribution in [1.29, 1.82) is 0 Å². The highest BCUT2D eigenvalue weighted by molar-refractivity contribution is 6.39. The average molecular weight is 385 g/mol. The van der Waals surface area contributed by atoms with Gasteiger partial charge in [0, 0.05) is 11.3 Å². The minimum Gasteiger partial charge on any atom is -0.504 e. The van der Waals surface area contributed by atoms with E-state index in [0.717, 1.165) is 0 Å². The van der Waals surface area contributed by atoms with Crippen molar-refractivity contribution in [3.8, 4) is 11.5 Å². The number of hydrogen-bond acceptors (Lipinski definition) is 7. The van der Waals surface area contributed by atoms with Gasteiger partial charge in [-0.15, -0.1) is 0 Å². The summed E-state index contributed by atoms with van der Waals surface area (Å²) in [6.07, 6.45) is 1.19. The van der Waals surface area contributed by atoms with Crippen molar-refractivity contribution in [3.63, 3.8) is 0 Å². The number of para-hydroxylation sites is 1. The molecule has 0 aliphatic rings. The van der Waals surface area contributed by atoms with Crippen molar-refractivity contribution in [1.82, 2.24) is 5.43 Å². The molecule has 2 amide bonds. The van der Waals surface area contributed by atoms with Crippen LogP contribution in [0.2, 0.25) is 0 Å². The second-order valence-corrected chi connectivity index (χ2v) is 5.35. The number of methoxy groups -OCH3 is 1. The molecule has 9 nitrogen and oxygen atoms in total. The minimum absolute atomic E-state index is 0.127. The second-order valence-electron chi connectivity index (χ2n) is 5.35. The number of benzene rings is 2. The molecule has 2 aromatic rings. The second kappa shape index (κ2) is 9.72. The van der Waals surface area contributed by atoms with E-state index in [1.807, 2.05) is 0 Å². The van der Waals surface area contributed by atoms with E-state index in [1.54, 1.807) is 25.1 Å². The molecule has 0 aromatic heterocycles. The number of ether oxygens (including phenoxy) is 2. The van der Waals surface area contributed by atoms with E-state index < -0.39 is 17.8 Å². The normalized spacial score (nSPS) is 10.4. The minimum atomic E-state index is -1.01. The van der Waals surface area contributed by atoms with Gasteiger partial charge >= 0.3 is 17.8 Å².